The van der Waals surface area contributed by atoms with Crippen molar-refractivity contribution in [1.82, 2.24) is 15.0 Å². The maximum atomic E-state index is 4.80. The van der Waals surface area contributed by atoms with Crippen molar-refractivity contribution in [1.29, 1.82) is 0 Å². The van der Waals surface area contributed by atoms with Crippen molar-refractivity contribution in [3.05, 3.63) is 76.3 Å². The molecule has 0 fully saturated rings. The maximum Gasteiger partial charge on any atom is 0.287 e. The monoisotopic (exact) mass is 399 g/mol. The van der Waals surface area contributed by atoms with Gasteiger partial charge in [0.2, 0.25) is 0 Å². The minimum atomic E-state index is 0.176. The third kappa shape index (κ3) is 3.79. The molecule has 0 aliphatic heterocycles. The van der Waals surface area contributed by atoms with Crippen LogP contribution < -0.4 is 4.57 Å². The Balaban J connectivity index is 1.76. The topological polar surface area (TPSA) is 42.5 Å². The van der Waals surface area contributed by atoms with Gasteiger partial charge in [-0.25, -0.2) is 14.5 Å². The first-order chi connectivity index (χ1) is 14.1. The van der Waals surface area contributed by atoms with Gasteiger partial charge in [-0.05, 0) is 48.4 Å². The first-order valence-electron chi connectivity index (χ1n) is 10.6. The van der Waals surface area contributed by atoms with E-state index in [1.807, 2.05) is 18.7 Å². The van der Waals surface area contributed by atoms with Crippen molar-refractivity contribution in [2.24, 2.45) is 12.5 Å². The third-order valence-electron chi connectivity index (χ3n) is 5.82. The molecule has 0 atom stereocenters. The lowest BCUT2D eigenvalue weighted by atomic mass is 9.92. The van der Waals surface area contributed by atoms with Crippen LogP contribution in [-0.2, 0) is 19.9 Å². The summed E-state index contributed by atoms with van der Waals surface area (Å²) in [5.41, 5.74) is 11.2. The molecule has 0 spiro atoms. The third-order valence-corrected chi connectivity index (χ3v) is 5.82. The Kier molecular flexibility index (Phi) is 5.05. The van der Waals surface area contributed by atoms with Crippen molar-refractivity contribution in [2.75, 3.05) is 0 Å². The fraction of sp³-hybridized carbons (Fsp3) is 0.385. The second kappa shape index (κ2) is 7.42. The van der Waals surface area contributed by atoms with Crippen molar-refractivity contribution in [3.8, 4) is 11.3 Å². The van der Waals surface area contributed by atoms with Crippen molar-refractivity contribution < 1.29 is 4.57 Å². The van der Waals surface area contributed by atoms with Gasteiger partial charge in [0.15, 0.2) is 5.69 Å². The van der Waals surface area contributed by atoms with E-state index < -0.39 is 0 Å². The van der Waals surface area contributed by atoms with E-state index in [9.17, 15) is 0 Å². The molecule has 0 unspecified atom stereocenters. The number of aryl methyl sites for hydroxylation is 3. The summed E-state index contributed by atoms with van der Waals surface area (Å²) in [6.07, 6.45) is 9.84. The molecule has 0 saturated heterocycles. The van der Waals surface area contributed by atoms with E-state index in [-0.39, 0.29) is 5.41 Å². The second-order valence-electron chi connectivity index (χ2n) is 9.73. The van der Waals surface area contributed by atoms with Crippen LogP contribution in [0.25, 0.3) is 16.8 Å². The number of allylic oxidation sites excluding steroid dienone is 1. The summed E-state index contributed by atoms with van der Waals surface area (Å²) in [5.74, 6) is 0.893. The van der Waals surface area contributed by atoms with Crippen LogP contribution >= 0.6 is 0 Å². The fourth-order valence-electron chi connectivity index (χ4n) is 4.28. The molecule has 2 aromatic heterocycles. The van der Waals surface area contributed by atoms with Gasteiger partial charge < -0.3 is 0 Å². The highest BCUT2D eigenvalue weighted by molar-refractivity contribution is 5.85. The van der Waals surface area contributed by atoms with Crippen LogP contribution in [0.5, 0.6) is 0 Å². The van der Waals surface area contributed by atoms with E-state index in [4.69, 9.17) is 4.98 Å². The van der Waals surface area contributed by atoms with Crippen LogP contribution in [0.1, 0.15) is 60.1 Å². The quantitative estimate of drug-likeness (QED) is 0.591. The molecule has 2 heterocycles. The highest BCUT2D eigenvalue weighted by atomic mass is 15.0. The summed E-state index contributed by atoms with van der Waals surface area (Å²) in [6.45, 7) is 13.2. The van der Waals surface area contributed by atoms with Crippen LogP contribution in [-0.4, -0.2) is 15.0 Å². The average Bonchev–Trinajstić information content (AvgIpc) is 3.08. The van der Waals surface area contributed by atoms with E-state index in [0.717, 1.165) is 35.5 Å². The summed E-state index contributed by atoms with van der Waals surface area (Å²) in [5, 5.41) is 0. The highest BCUT2D eigenvalue weighted by Gasteiger charge is 2.29. The van der Waals surface area contributed by atoms with E-state index in [2.05, 4.69) is 81.3 Å². The Hall–Kier alpha value is -2.88. The Morgan fingerprint density at radius 1 is 1.00 bits per heavy atom. The van der Waals surface area contributed by atoms with Gasteiger partial charge in [0, 0.05) is 41.9 Å². The number of hydrogen-bond acceptors (Lipinski definition) is 3. The maximum absolute atomic E-state index is 4.80. The van der Waals surface area contributed by atoms with Crippen molar-refractivity contribution in [2.45, 2.75) is 54.4 Å². The smallest absolute Gasteiger partial charge is 0.241 e. The number of nitrogens with zero attached hydrogens (tertiary/aromatic N) is 4. The summed E-state index contributed by atoms with van der Waals surface area (Å²) in [7, 11) is 2.09. The van der Waals surface area contributed by atoms with Gasteiger partial charge in [-0.15, -0.1) is 0 Å². The number of rotatable bonds is 3. The molecule has 30 heavy (non-hydrogen) atoms. The fourth-order valence-corrected chi connectivity index (χ4v) is 4.28. The van der Waals surface area contributed by atoms with E-state index >= 15 is 0 Å². The first kappa shape index (κ1) is 20.4. The minimum absolute atomic E-state index is 0.176. The number of fused-ring (bicyclic) bond motifs is 1. The molecule has 4 rings (SSSR count). The lowest BCUT2D eigenvalue weighted by Crippen LogP contribution is -2.33. The Morgan fingerprint density at radius 3 is 2.37 bits per heavy atom. The molecule has 0 radical (unpaired) electrons. The molecule has 0 saturated carbocycles. The predicted octanol–water partition coefficient (Wildman–Crippen LogP) is 4.86. The molecular weight excluding hydrogens is 368 g/mol. The van der Waals surface area contributed by atoms with Crippen LogP contribution in [0.3, 0.4) is 0 Å². The first-order valence-corrected chi connectivity index (χ1v) is 10.6. The molecular formula is C26H31N4+. The number of hydrogen-bond donors (Lipinski definition) is 0. The van der Waals surface area contributed by atoms with Gasteiger partial charge in [0.1, 0.15) is 11.5 Å². The number of aromatic nitrogens is 4. The minimum Gasteiger partial charge on any atom is -0.241 e. The van der Waals surface area contributed by atoms with Crippen LogP contribution in [0.2, 0.25) is 0 Å². The SMILES string of the molecule is Cc1cc(C)c(C)c(-c2c3c(nc[n+]2C)C(c2cnc(CC(C)(C)C)nc2)=CC3)c1. The van der Waals surface area contributed by atoms with Gasteiger partial charge in [-0.1, -0.05) is 38.5 Å². The average molecular weight is 400 g/mol. The van der Waals surface area contributed by atoms with Crippen LogP contribution in [0.4, 0.5) is 0 Å². The second-order valence-corrected chi connectivity index (χ2v) is 9.73. The zero-order chi connectivity index (χ0) is 21.6. The lowest BCUT2D eigenvalue weighted by Gasteiger charge is -2.16. The van der Waals surface area contributed by atoms with Gasteiger partial charge in [-0.2, -0.15) is 0 Å². The normalized spacial score (nSPS) is 13.4. The lowest BCUT2D eigenvalue weighted by molar-refractivity contribution is -0.663. The van der Waals surface area contributed by atoms with Crippen molar-refractivity contribution in [3.63, 3.8) is 0 Å². The zero-order valence-corrected chi connectivity index (χ0v) is 19.2. The predicted molar refractivity (Wildman–Crippen MR) is 121 cm³/mol. The number of benzene rings is 1. The van der Waals surface area contributed by atoms with Crippen LogP contribution in [0.15, 0.2) is 36.9 Å². The Labute approximate surface area is 179 Å². The highest BCUT2D eigenvalue weighted by Crippen LogP contribution is 2.36. The van der Waals surface area contributed by atoms with E-state index in [1.165, 1.54) is 33.5 Å². The molecule has 4 heteroatoms. The summed E-state index contributed by atoms with van der Waals surface area (Å²) >= 11 is 0. The molecule has 3 aromatic rings. The van der Waals surface area contributed by atoms with Gasteiger partial charge in [-0.3, -0.25) is 0 Å². The van der Waals surface area contributed by atoms with Crippen LogP contribution in [0, 0.1) is 26.2 Å². The summed E-state index contributed by atoms with van der Waals surface area (Å²) in [4.78, 5) is 14.1. The summed E-state index contributed by atoms with van der Waals surface area (Å²) < 4.78 is 2.15. The molecule has 1 aliphatic rings. The molecule has 154 valence electrons. The van der Waals surface area contributed by atoms with E-state index in [1.54, 1.807) is 0 Å². The zero-order valence-electron chi connectivity index (χ0n) is 19.2. The molecule has 0 N–H and O–H groups in total. The van der Waals surface area contributed by atoms with Crippen molar-refractivity contribution >= 4 is 5.57 Å². The molecule has 0 amide bonds. The Bertz CT molecular complexity index is 1150. The van der Waals surface area contributed by atoms with Gasteiger partial charge in [0.05, 0.1) is 12.6 Å². The molecule has 1 aliphatic carbocycles. The molecule has 0 bridgehead atoms. The molecule has 1 aromatic carbocycles. The molecule has 4 nitrogen and oxygen atoms in total. The standard InChI is InChI=1S/C26H31N4/c1-16-10-17(2)18(3)22(11-16)25-21-9-8-20(24(21)29-15-30(25)7)19-13-27-23(28-14-19)12-26(4,5)6/h8,10-11,13-15H,9,12H2,1-7H3/q+1. The summed E-state index contributed by atoms with van der Waals surface area (Å²) in [6, 6.07) is 4.54. The largest absolute Gasteiger partial charge is 0.287 e. The Morgan fingerprint density at radius 2 is 1.70 bits per heavy atom. The van der Waals surface area contributed by atoms with Gasteiger partial charge >= 0.3 is 0 Å². The van der Waals surface area contributed by atoms with E-state index in [0.29, 0.717) is 0 Å². The van der Waals surface area contributed by atoms with Gasteiger partial charge in [0.25, 0.3) is 6.33 Å².